The first-order valence-corrected chi connectivity index (χ1v) is 7.02. The van der Waals surface area contributed by atoms with Gasteiger partial charge in [0.15, 0.2) is 5.84 Å². The number of oxime groups is 1. The van der Waals surface area contributed by atoms with Gasteiger partial charge in [-0.05, 0) is 50.5 Å². The third-order valence-electron chi connectivity index (χ3n) is 4.02. The molecule has 4 nitrogen and oxygen atoms in total. The molecule has 1 aromatic rings. The summed E-state index contributed by atoms with van der Waals surface area (Å²) in [6.45, 7) is 5.31. The van der Waals surface area contributed by atoms with Gasteiger partial charge in [0.05, 0.1) is 0 Å². The lowest BCUT2D eigenvalue weighted by atomic mass is 10.1. The number of rotatable bonds is 4. The van der Waals surface area contributed by atoms with E-state index in [9.17, 15) is 0 Å². The van der Waals surface area contributed by atoms with Crippen molar-refractivity contribution >= 4 is 11.5 Å². The minimum Gasteiger partial charge on any atom is -0.409 e. The van der Waals surface area contributed by atoms with Crippen molar-refractivity contribution < 1.29 is 5.21 Å². The summed E-state index contributed by atoms with van der Waals surface area (Å²) in [5.74, 6) is 0.165. The normalized spacial score (nSPS) is 16.8. The van der Waals surface area contributed by atoms with Gasteiger partial charge in [-0.2, -0.15) is 0 Å². The molecule has 0 amide bonds. The fourth-order valence-electron chi connectivity index (χ4n) is 3.04. The highest BCUT2D eigenvalue weighted by molar-refractivity contribution is 5.97. The van der Waals surface area contributed by atoms with Crippen molar-refractivity contribution in [1.29, 1.82) is 0 Å². The standard InChI is InChI=1S/C15H23N3O/c1-3-18(13-6-4-5-7-13)14-9-8-12(10-11(14)2)15(16)17-19/h8-10,13,19H,3-7H2,1-2H3,(H2,16,17). The summed E-state index contributed by atoms with van der Waals surface area (Å²) in [7, 11) is 0. The number of hydrogen-bond donors (Lipinski definition) is 2. The van der Waals surface area contributed by atoms with Crippen LogP contribution < -0.4 is 10.6 Å². The minimum atomic E-state index is 0.165. The topological polar surface area (TPSA) is 61.8 Å². The number of hydrogen-bond acceptors (Lipinski definition) is 3. The first-order valence-electron chi connectivity index (χ1n) is 7.02. The van der Waals surface area contributed by atoms with Gasteiger partial charge in [0.1, 0.15) is 0 Å². The summed E-state index contributed by atoms with van der Waals surface area (Å²) >= 11 is 0. The molecule has 4 heteroatoms. The lowest BCUT2D eigenvalue weighted by Gasteiger charge is -2.31. The Balaban J connectivity index is 2.28. The van der Waals surface area contributed by atoms with E-state index in [-0.39, 0.29) is 5.84 Å². The van der Waals surface area contributed by atoms with Gasteiger partial charge < -0.3 is 15.8 Å². The van der Waals surface area contributed by atoms with Crippen molar-refractivity contribution in [1.82, 2.24) is 0 Å². The van der Waals surface area contributed by atoms with Crippen LogP contribution in [0.5, 0.6) is 0 Å². The molecule has 1 fully saturated rings. The molecule has 0 bridgehead atoms. The molecule has 1 aromatic carbocycles. The van der Waals surface area contributed by atoms with E-state index in [4.69, 9.17) is 10.9 Å². The Morgan fingerprint density at radius 1 is 1.42 bits per heavy atom. The molecule has 0 radical (unpaired) electrons. The van der Waals surface area contributed by atoms with Crippen molar-refractivity contribution in [3.05, 3.63) is 29.3 Å². The number of nitrogens with zero attached hydrogens (tertiary/aromatic N) is 2. The van der Waals surface area contributed by atoms with E-state index in [1.165, 1.54) is 36.9 Å². The van der Waals surface area contributed by atoms with Crippen molar-refractivity contribution in [3.63, 3.8) is 0 Å². The zero-order chi connectivity index (χ0) is 13.8. The Kier molecular flexibility index (Phi) is 4.30. The molecule has 104 valence electrons. The molecular weight excluding hydrogens is 238 g/mol. The Bertz CT molecular complexity index is 464. The van der Waals surface area contributed by atoms with Crippen molar-refractivity contribution in [3.8, 4) is 0 Å². The second-order valence-electron chi connectivity index (χ2n) is 5.21. The molecule has 0 aromatic heterocycles. The predicted octanol–water partition coefficient (Wildman–Crippen LogP) is 2.86. The van der Waals surface area contributed by atoms with Gasteiger partial charge in [-0.1, -0.05) is 18.0 Å². The number of nitrogens with two attached hydrogens (primary N) is 1. The zero-order valence-electron chi connectivity index (χ0n) is 11.8. The maximum absolute atomic E-state index is 8.73. The van der Waals surface area contributed by atoms with E-state index in [0.717, 1.165) is 12.1 Å². The van der Waals surface area contributed by atoms with Crippen LogP contribution >= 0.6 is 0 Å². The van der Waals surface area contributed by atoms with Crippen molar-refractivity contribution in [2.45, 2.75) is 45.6 Å². The first kappa shape index (κ1) is 13.7. The fourth-order valence-corrected chi connectivity index (χ4v) is 3.04. The Labute approximate surface area is 114 Å². The van der Waals surface area contributed by atoms with Crippen LogP contribution in [0.1, 0.15) is 43.7 Å². The van der Waals surface area contributed by atoms with Gasteiger partial charge >= 0.3 is 0 Å². The smallest absolute Gasteiger partial charge is 0.170 e. The van der Waals surface area contributed by atoms with Crippen LogP contribution in [0.3, 0.4) is 0 Å². The minimum absolute atomic E-state index is 0.165. The van der Waals surface area contributed by atoms with Crippen LogP contribution in [0.15, 0.2) is 23.4 Å². The highest BCUT2D eigenvalue weighted by atomic mass is 16.4. The number of anilines is 1. The second-order valence-corrected chi connectivity index (χ2v) is 5.21. The quantitative estimate of drug-likeness (QED) is 0.379. The third kappa shape index (κ3) is 2.83. The van der Waals surface area contributed by atoms with Crippen molar-refractivity contribution in [2.75, 3.05) is 11.4 Å². The summed E-state index contributed by atoms with van der Waals surface area (Å²) < 4.78 is 0. The molecule has 19 heavy (non-hydrogen) atoms. The third-order valence-corrected chi connectivity index (χ3v) is 4.02. The molecular formula is C15H23N3O. The molecule has 2 rings (SSSR count). The van der Waals surface area contributed by atoms with E-state index in [1.54, 1.807) is 0 Å². The Morgan fingerprint density at radius 2 is 2.11 bits per heavy atom. The monoisotopic (exact) mass is 261 g/mol. The predicted molar refractivity (Wildman–Crippen MR) is 79.0 cm³/mol. The van der Waals surface area contributed by atoms with Gasteiger partial charge in [0.2, 0.25) is 0 Å². The molecule has 1 saturated carbocycles. The SMILES string of the molecule is CCN(c1ccc(/C(N)=N/O)cc1C)C1CCCC1. The molecule has 0 unspecified atom stereocenters. The molecule has 0 heterocycles. The van der Waals surface area contributed by atoms with Crippen LogP contribution in [0.4, 0.5) is 5.69 Å². The Hall–Kier alpha value is -1.71. The molecule has 0 spiro atoms. The molecule has 0 atom stereocenters. The molecule has 0 saturated heterocycles. The maximum atomic E-state index is 8.73. The largest absolute Gasteiger partial charge is 0.409 e. The van der Waals surface area contributed by atoms with E-state index < -0.39 is 0 Å². The van der Waals surface area contributed by atoms with E-state index in [1.807, 2.05) is 12.1 Å². The van der Waals surface area contributed by atoms with E-state index in [0.29, 0.717) is 6.04 Å². The van der Waals surface area contributed by atoms with Gasteiger partial charge in [0.25, 0.3) is 0 Å². The van der Waals surface area contributed by atoms with Gasteiger partial charge in [0, 0.05) is 23.8 Å². The highest BCUT2D eigenvalue weighted by Crippen LogP contribution is 2.30. The zero-order valence-corrected chi connectivity index (χ0v) is 11.8. The fraction of sp³-hybridized carbons (Fsp3) is 0.533. The lowest BCUT2D eigenvalue weighted by molar-refractivity contribution is 0.318. The summed E-state index contributed by atoms with van der Waals surface area (Å²) in [6.07, 6.45) is 5.25. The van der Waals surface area contributed by atoms with Crippen LogP contribution in [-0.2, 0) is 0 Å². The number of aryl methyl sites for hydroxylation is 1. The lowest BCUT2D eigenvalue weighted by Crippen LogP contribution is -2.33. The summed E-state index contributed by atoms with van der Waals surface area (Å²) in [5.41, 5.74) is 8.85. The average Bonchev–Trinajstić information content (AvgIpc) is 2.94. The maximum Gasteiger partial charge on any atom is 0.170 e. The van der Waals surface area contributed by atoms with Crippen molar-refractivity contribution in [2.24, 2.45) is 10.9 Å². The molecule has 3 N–H and O–H groups in total. The first-order chi connectivity index (χ1) is 9.17. The molecule has 1 aliphatic rings. The molecule has 0 aliphatic heterocycles. The number of benzene rings is 1. The van der Waals surface area contributed by atoms with E-state index >= 15 is 0 Å². The average molecular weight is 261 g/mol. The van der Waals surface area contributed by atoms with E-state index in [2.05, 4.69) is 30.0 Å². The highest BCUT2D eigenvalue weighted by Gasteiger charge is 2.22. The van der Waals surface area contributed by atoms with Gasteiger partial charge in [-0.3, -0.25) is 0 Å². The summed E-state index contributed by atoms with van der Waals surface area (Å²) in [5, 5.41) is 11.8. The Morgan fingerprint density at radius 3 is 2.63 bits per heavy atom. The van der Waals surface area contributed by atoms with Crippen LogP contribution in [0.25, 0.3) is 0 Å². The van der Waals surface area contributed by atoms with Gasteiger partial charge in [-0.15, -0.1) is 0 Å². The summed E-state index contributed by atoms with van der Waals surface area (Å²) in [4.78, 5) is 2.48. The van der Waals surface area contributed by atoms with Crippen LogP contribution in [0, 0.1) is 6.92 Å². The number of amidine groups is 1. The summed E-state index contributed by atoms with van der Waals surface area (Å²) in [6, 6.07) is 6.67. The molecule has 1 aliphatic carbocycles. The van der Waals surface area contributed by atoms with Crippen LogP contribution in [-0.4, -0.2) is 23.6 Å². The second kappa shape index (κ2) is 5.95. The van der Waals surface area contributed by atoms with Crippen LogP contribution in [0.2, 0.25) is 0 Å². The van der Waals surface area contributed by atoms with Gasteiger partial charge in [-0.25, -0.2) is 0 Å².